The molecule has 0 radical (unpaired) electrons. The summed E-state index contributed by atoms with van der Waals surface area (Å²) >= 11 is 0. The molecule has 3 rings (SSSR count). The number of carbonyl (C=O) groups is 4. The second kappa shape index (κ2) is 6.31. The van der Waals surface area contributed by atoms with E-state index in [4.69, 9.17) is 0 Å². The van der Waals surface area contributed by atoms with Crippen LogP contribution in [0.25, 0.3) is 0 Å². The molecule has 1 saturated heterocycles. The molecule has 0 aliphatic carbocycles. The lowest BCUT2D eigenvalue weighted by molar-refractivity contribution is -0.144. The molecule has 0 aromatic heterocycles. The van der Waals surface area contributed by atoms with E-state index in [1.165, 1.54) is 0 Å². The van der Waals surface area contributed by atoms with Gasteiger partial charge in [0.05, 0.1) is 0 Å². The Balaban J connectivity index is 1.78. The van der Waals surface area contributed by atoms with Gasteiger partial charge in [-0.3, -0.25) is 19.3 Å². The Hall–Kier alpha value is -2.70. The molecule has 0 unspecified atom stereocenters. The molecule has 5 amide bonds. The number of imide groups is 2. The van der Waals surface area contributed by atoms with Gasteiger partial charge < -0.3 is 4.90 Å². The Bertz CT molecular complexity index is 758. The van der Waals surface area contributed by atoms with Crippen LogP contribution in [0.2, 0.25) is 0 Å². The number of hydrogen-bond acceptors (Lipinski definition) is 4. The number of urea groups is 1. The highest BCUT2D eigenvalue weighted by Gasteiger charge is 2.46. The molecular formula is C18H21N3O4. The number of amides is 5. The highest BCUT2D eigenvalue weighted by molar-refractivity contribution is 6.45. The second-order valence-corrected chi connectivity index (χ2v) is 6.93. The number of carbonyl (C=O) groups excluding carboxylic acids is 4. The third kappa shape index (κ3) is 2.90. The number of anilines is 1. The van der Waals surface area contributed by atoms with E-state index in [1.54, 1.807) is 4.90 Å². The fourth-order valence-electron chi connectivity index (χ4n) is 3.37. The first kappa shape index (κ1) is 17.1. The van der Waals surface area contributed by atoms with Crippen LogP contribution in [0.3, 0.4) is 0 Å². The molecule has 0 saturated carbocycles. The van der Waals surface area contributed by atoms with Crippen molar-refractivity contribution in [1.82, 2.24) is 9.80 Å². The van der Waals surface area contributed by atoms with E-state index >= 15 is 0 Å². The molecule has 7 nitrogen and oxygen atoms in total. The number of para-hydroxylation sites is 1. The van der Waals surface area contributed by atoms with Crippen molar-refractivity contribution in [2.24, 2.45) is 5.92 Å². The van der Waals surface area contributed by atoms with E-state index in [2.05, 4.69) is 0 Å². The normalized spacial score (nSPS) is 20.1. The standard InChI is InChI=1S/C18H21N3O4/c1-11(2)9-19-16(23)17(24)20(18(19)25)10-15(22)21-12(3)8-13-6-4-5-7-14(13)21/h4-7,11-12H,8-10H2,1-3H3/t12-/m1/s1. The van der Waals surface area contributed by atoms with E-state index < -0.39 is 24.4 Å². The predicted molar refractivity (Wildman–Crippen MR) is 90.8 cm³/mol. The first-order chi connectivity index (χ1) is 11.8. The van der Waals surface area contributed by atoms with E-state index in [-0.39, 0.29) is 24.4 Å². The summed E-state index contributed by atoms with van der Waals surface area (Å²) in [5.74, 6) is -2.11. The van der Waals surface area contributed by atoms with Gasteiger partial charge in [-0.05, 0) is 30.9 Å². The van der Waals surface area contributed by atoms with Gasteiger partial charge in [0.25, 0.3) is 0 Å². The molecule has 1 atom stereocenters. The van der Waals surface area contributed by atoms with Crippen molar-refractivity contribution < 1.29 is 19.2 Å². The highest BCUT2D eigenvalue weighted by Crippen LogP contribution is 2.32. The lowest BCUT2D eigenvalue weighted by Gasteiger charge is -2.24. The van der Waals surface area contributed by atoms with Crippen LogP contribution in [0.5, 0.6) is 0 Å². The molecule has 2 aliphatic heterocycles. The number of hydrogen-bond donors (Lipinski definition) is 0. The first-order valence-electron chi connectivity index (χ1n) is 8.38. The zero-order valence-electron chi connectivity index (χ0n) is 14.6. The Morgan fingerprint density at radius 2 is 1.76 bits per heavy atom. The highest BCUT2D eigenvalue weighted by atomic mass is 16.2. The Kier molecular flexibility index (Phi) is 4.32. The van der Waals surface area contributed by atoms with Gasteiger partial charge in [-0.1, -0.05) is 32.0 Å². The van der Waals surface area contributed by atoms with Crippen LogP contribution in [0, 0.1) is 5.92 Å². The summed E-state index contributed by atoms with van der Waals surface area (Å²) in [6, 6.07) is 6.80. The van der Waals surface area contributed by atoms with Crippen LogP contribution < -0.4 is 4.90 Å². The first-order valence-corrected chi connectivity index (χ1v) is 8.38. The van der Waals surface area contributed by atoms with Crippen molar-refractivity contribution in [3.05, 3.63) is 29.8 Å². The molecule has 7 heteroatoms. The van der Waals surface area contributed by atoms with Gasteiger partial charge in [0, 0.05) is 18.3 Å². The second-order valence-electron chi connectivity index (χ2n) is 6.93. The number of nitrogens with zero attached hydrogens (tertiary/aromatic N) is 3. The molecule has 0 spiro atoms. The topological polar surface area (TPSA) is 78.0 Å². The molecule has 2 heterocycles. The molecule has 1 fully saturated rings. The van der Waals surface area contributed by atoms with Crippen LogP contribution in [0.1, 0.15) is 26.3 Å². The molecule has 1 aromatic rings. The molecule has 0 bridgehead atoms. The maximum atomic E-state index is 12.8. The average Bonchev–Trinajstić information content (AvgIpc) is 2.99. The fraction of sp³-hybridized carbons (Fsp3) is 0.444. The van der Waals surface area contributed by atoms with Gasteiger partial charge in [0.15, 0.2) is 0 Å². The van der Waals surface area contributed by atoms with Crippen molar-refractivity contribution >= 4 is 29.4 Å². The summed E-state index contributed by atoms with van der Waals surface area (Å²) in [6.45, 7) is 5.36. The summed E-state index contributed by atoms with van der Waals surface area (Å²) in [5, 5.41) is 0. The van der Waals surface area contributed by atoms with E-state index in [9.17, 15) is 19.2 Å². The monoisotopic (exact) mass is 343 g/mol. The molecule has 0 N–H and O–H groups in total. The zero-order chi connectivity index (χ0) is 18.3. The predicted octanol–water partition coefficient (Wildman–Crippen LogP) is 1.41. The number of fused-ring (bicyclic) bond motifs is 1. The van der Waals surface area contributed by atoms with Crippen LogP contribution in [0.4, 0.5) is 10.5 Å². The minimum atomic E-state index is -0.931. The Morgan fingerprint density at radius 1 is 1.12 bits per heavy atom. The quantitative estimate of drug-likeness (QED) is 0.612. The summed E-state index contributed by atoms with van der Waals surface area (Å²) < 4.78 is 0. The Morgan fingerprint density at radius 3 is 2.44 bits per heavy atom. The molecule has 2 aliphatic rings. The van der Waals surface area contributed by atoms with Gasteiger partial charge in [0.2, 0.25) is 5.91 Å². The van der Waals surface area contributed by atoms with Gasteiger partial charge in [0.1, 0.15) is 6.54 Å². The summed E-state index contributed by atoms with van der Waals surface area (Å²) in [4.78, 5) is 52.5. The van der Waals surface area contributed by atoms with E-state index in [1.807, 2.05) is 45.0 Å². The average molecular weight is 343 g/mol. The lowest BCUT2D eigenvalue weighted by Crippen LogP contribution is -2.45. The summed E-state index contributed by atoms with van der Waals surface area (Å²) in [6.07, 6.45) is 0.724. The van der Waals surface area contributed by atoms with Crippen LogP contribution in [0.15, 0.2) is 24.3 Å². The zero-order valence-corrected chi connectivity index (χ0v) is 14.6. The van der Waals surface area contributed by atoms with Crippen molar-refractivity contribution in [2.45, 2.75) is 33.2 Å². The minimum absolute atomic E-state index is 0.0434. The van der Waals surface area contributed by atoms with Crippen LogP contribution in [-0.2, 0) is 20.8 Å². The van der Waals surface area contributed by atoms with E-state index in [0.717, 1.165) is 27.5 Å². The van der Waals surface area contributed by atoms with Crippen molar-refractivity contribution in [1.29, 1.82) is 0 Å². The van der Waals surface area contributed by atoms with E-state index in [0.29, 0.717) is 0 Å². The third-order valence-corrected chi connectivity index (χ3v) is 4.45. The molecule has 1 aromatic carbocycles. The Labute approximate surface area is 146 Å². The fourth-order valence-corrected chi connectivity index (χ4v) is 3.37. The van der Waals surface area contributed by atoms with Gasteiger partial charge >= 0.3 is 17.8 Å². The van der Waals surface area contributed by atoms with Crippen LogP contribution >= 0.6 is 0 Å². The lowest BCUT2D eigenvalue weighted by atomic mass is 10.1. The third-order valence-electron chi connectivity index (χ3n) is 4.45. The smallest absolute Gasteiger partial charge is 0.307 e. The number of rotatable bonds is 4. The van der Waals surface area contributed by atoms with Crippen molar-refractivity contribution in [2.75, 3.05) is 18.0 Å². The maximum absolute atomic E-state index is 12.8. The molecule has 25 heavy (non-hydrogen) atoms. The van der Waals surface area contributed by atoms with Crippen molar-refractivity contribution in [3.63, 3.8) is 0 Å². The largest absolute Gasteiger partial charge is 0.334 e. The minimum Gasteiger partial charge on any atom is -0.307 e. The molecular weight excluding hydrogens is 322 g/mol. The van der Waals surface area contributed by atoms with Gasteiger partial charge in [-0.2, -0.15) is 0 Å². The maximum Gasteiger partial charge on any atom is 0.334 e. The summed E-state index contributed by atoms with van der Waals surface area (Å²) in [7, 11) is 0. The van der Waals surface area contributed by atoms with Gasteiger partial charge in [-0.15, -0.1) is 0 Å². The molecule has 132 valence electrons. The SMILES string of the molecule is CC(C)CN1C(=O)C(=O)N(CC(=O)N2c3ccccc3C[C@H]2C)C1=O. The van der Waals surface area contributed by atoms with Gasteiger partial charge in [-0.25, -0.2) is 9.69 Å². The number of benzene rings is 1. The summed E-state index contributed by atoms with van der Waals surface area (Å²) in [5.41, 5.74) is 1.85. The van der Waals surface area contributed by atoms with Crippen LogP contribution in [-0.4, -0.2) is 52.7 Å². The van der Waals surface area contributed by atoms with Crippen molar-refractivity contribution in [3.8, 4) is 0 Å².